The molecule has 0 saturated heterocycles. The molecule has 2 heterocycles. The number of aromatic nitrogens is 3. The Morgan fingerprint density at radius 2 is 1.79 bits per heavy atom. The number of nitrogens with zero attached hydrogens (tertiary/aromatic N) is 4. The minimum absolute atomic E-state index is 0.0281. The van der Waals surface area contributed by atoms with Gasteiger partial charge in [-0.05, 0) is 49.4 Å². The Morgan fingerprint density at radius 3 is 2.54 bits per heavy atom. The number of fused-ring (bicyclic) bond motifs is 3. The standard InChI is InChI=1S/C28H26ClN5O5/c1-16-32-33-28-22(15-26(37)30-11-12-39-20-8-10-24(35)25(36)14-20)31-27(17-3-5-18(29)6-4-17)21-13-19(38-2)7-9-23(21)34(16)28/h3-10,13-14,22,35-36H,11-12,15H2,1-2H3,(H,30,37)/t22-/m0/s1. The van der Waals surface area contributed by atoms with E-state index in [1.165, 1.54) is 18.2 Å². The second-order valence-corrected chi connectivity index (χ2v) is 9.31. The van der Waals surface area contributed by atoms with Crippen molar-refractivity contribution in [3.8, 4) is 28.7 Å². The van der Waals surface area contributed by atoms with Crippen molar-refractivity contribution in [1.29, 1.82) is 0 Å². The Bertz CT molecular complexity index is 1550. The van der Waals surface area contributed by atoms with E-state index in [2.05, 4.69) is 15.5 Å². The number of carbonyl (C=O) groups is 1. The van der Waals surface area contributed by atoms with E-state index in [-0.39, 0.29) is 37.0 Å². The highest BCUT2D eigenvalue weighted by atomic mass is 35.5. The molecule has 0 radical (unpaired) electrons. The van der Waals surface area contributed by atoms with Gasteiger partial charge < -0.3 is 25.0 Å². The summed E-state index contributed by atoms with van der Waals surface area (Å²) in [5.41, 5.74) is 3.16. The molecule has 200 valence electrons. The number of aromatic hydroxyl groups is 2. The fourth-order valence-corrected chi connectivity index (χ4v) is 4.50. The average molecular weight is 548 g/mol. The third-order valence-electron chi connectivity index (χ3n) is 6.27. The molecular weight excluding hydrogens is 522 g/mol. The first kappa shape index (κ1) is 26.1. The summed E-state index contributed by atoms with van der Waals surface area (Å²) in [6, 6.07) is 16.6. The van der Waals surface area contributed by atoms with Crippen LogP contribution in [0.25, 0.3) is 5.69 Å². The van der Waals surface area contributed by atoms with Crippen LogP contribution >= 0.6 is 11.6 Å². The van der Waals surface area contributed by atoms with E-state index in [0.717, 1.165) is 16.8 Å². The molecule has 5 rings (SSSR count). The van der Waals surface area contributed by atoms with Crippen LogP contribution in [-0.4, -0.2) is 56.9 Å². The zero-order chi connectivity index (χ0) is 27.5. The topological polar surface area (TPSA) is 131 Å². The highest BCUT2D eigenvalue weighted by Gasteiger charge is 2.30. The predicted molar refractivity (Wildman–Crippen MR) is 145 cm³/mol. The van der Waals surface area contributed by atoms with E-state index >= 15 is 0 Å². The predicted octanol–water partition coefficient (Wildman–Crippen LogP) is 4.13. The van der Waals surface area contributed by atoms with E-state index < -0.39 is 6.04 Å². The van der Waals surface area contributed by atoms with E-state index in [0.29, 0.717) is 33.9 Å². The van der Waals surface area contributed by atoms with E-state index in [1.54, 1.807) is 19.2 Å². The quantitative estimate of drug-likeness (QED) is 0.223. The smallest absolute Gasteiger partial charge is 0.222 e. The van der Waals surface area contributed by atoms with Crippen molar-refractivity contribution in [2.24, 2.45) is 4.99 Å². The molecule has 1 aliphatic heterocycles. The largest absolute Gasteiger partial charge is 0.504 e. The third-order valence-corrected chi connectivity index (χ3v) is 6.52. The number of amides is 1. The number of phenols is 2. The fourth-order valence-electron chi connectivity index (χ4n) is 4.38. The summed E-state index contributed by atoms with van der Waals surface area (Å²) in [5, 5.41) is 31.1. The van der Waals surface area contributed by atoms with Gasteiger partial charge in [0.25, 0.3) is 0 Å². The molecule has 3 N–H and O–H groups in total. The van der Waals surface area contributed by atoms with Crippen molar-refractivity contribution < 1.29 is 24.5 Å². The number of methoxy groups -OCH3 is 1. The van der Waals surface area contributed by atoms with Gasteiger partial charge in [0.2, 0.25) is 5.91 Å². The van der Waals surface area contributed by atoms with E-state index in [9.17, 15) is 15.0 Å². The highest BCUT2D eigenvalue weighted by molar-refractivity contribution is 6.30. The maximum absolute atomic E-state index is 13.0. The molecule has 10 nitrogen and oxygen atoms in total. The maximum Gasteiger partial charge on any atom is 0.222 e. The summed E-state index contributed by atoms with van der Waals surface area (Å²) in [5.74, 6) is 1.50. The maximum atomic E-state index is 13.0. The molecule has 11 heteroatoms. The van der Waals surface area contributed by atoms with Crippen LogP contribution < -0.4 is 14.8 Å². The van der Waals surface area contributed by atoms with Crippen molar-refractivity contribution in [1.82, 2.24) is 20.1 Å². The molecule has 3 aromatic carbocycles. The van der Waals surface area contributed by atoms with Crippen LogP contribution in [0.5, 0.6) is 23.0 Å². The van der Waals surface area contributed by atoms with Gasteiger partial charge in [0.15, 0.2) is 17.3 Å². The van der Waals surface area contributed by atoms with Crippen molar-refractivity contribution >= 4 is 23.2 Å². The van der Waals surface area contributed by atoms with Crippen LogP contribution in [-0.2, 0) is 4.79 Å². The van der Waals surface area contributed by atoms with Gasteiger partial charge in [0, 0.05) is 22.2 Å². The molecule has 4 aromatic rings. The number of benzene rings is 3. The van der Waals surface area contributed by atoms with Crippen LogP contribution in [0.15, 0.2) is 65.7 Å². The molecule has 0 aliphatic carbocycles. The first-order valence-corrected chi connectivity index (χ1v) is 12.6. The zero-order valence-corrected chi connectivity index (χ0v) is 22.0. The lowest BCUT2D eigenvalue weighted by Crippen LogP contribution is -2.29. The second-order valence-electron chi connectivity index (χ2n) is 8.88. The number of halogens is 1. The summed E-state index contributed by atoms with van der Waals surface area (Å²) < 4.78 is 13.0. The third kappa shape index (κ3) is 5.51. The fraction of sp³-hybridized carbons (Fsp3) is 0.214. The Labute approximate surface area is 229 Å². The molecule has 0 saturated carbocycles. The van der Waals surface area contributed by atoms with Crippen LogP contribution in [0, 0.1) is 6.92 Å². The van der Waals surface area contributed by atoms with Gasteiger partial charge in [-0.15, -0.1) is 10.2 Å². The molecule has 0 unspecified atom stereocenters. The molecule has 0 fully saturated rings. The second kappa shape index (κ2) is 11.0. The SMILES string of the molecule is COc1ccc2c(c1)C(c1ccc(Cl)cc1)=N[C@@H](CC(=O)NCCOc1ccc(O)c(O)c1)c1nnc(C)n1-2. The molecule has 1 aliphatic rings. The Kier molecular flexibility index (Phi) is 7.38. The van der Waals surface area contributed by atoms with Crippen LogP contribution in [0.3, 0.4) is 0 Å². The lowest BCUT2D eigenvalue weighted by Gasteiger charge is -2.14. The van der Waals surface area contributed by atoms with E-state index in [1.807, 2.05) is 41.8 Å². The number of aliphatic imine (C=N–C) groups is 1. The normalized spacial score (nSPS) is 14.0. The van der Waals surface area contributed by atoms with Gasteiger partial charge in [-0.25, -0.2) is 0 Å². The number of carbonyl (C=O) groups excluding carboxylic acids is 1. The van der Waals surface area contributed by atoms with Crippen LogP contribution in [0.1, 0.15) is 35.2 Å². The first-order valence-electron chi connectivity index (χ1n) is 12.2. The lowest BCUT2D eigenvalue weighted by molar-refractivity contribution is -0.121. The molecule has 0 spiro atoms. The van der Waals surface area contributed by atoms with Crippen molar-refractivity contribution in [3.63, 3.8) is 0 Å². The number of nitrogens with one attached hydrogen (secondary N) is 1. The molecular formula is C28H26ClN5O5. The monoisotopic (exact) mass is 547 g/mol. The number of aryl methyl sites for hydroxylation is 1. The molecule has 0 bridgehead atoms. The molecule has 39 heavy (non-hydrogen) atoms. The van der Waals surface area contributed by atoms with Crippen molar-refractivity contribution in [3.05, 3.63) is 88.5 Å². The number of hydrogen-bond acceptors (Lipinski definition) is 8. The van der Waals surface area contributed by atoms with Gasteiger partial charge in [0.1, 0.15) is 30.0 Å². The Hall–Kier alpha value is -4.57. The van der Waals surface area contributed by atoms with Crippen molar-refractivity contribution in [2.45, 2.75) is 19.4 Å². The van der Waals surface area contributed by atoms with Crippen molar-refractivity contribution in [2.75, 3.05) is 20.3 Å². The average Bonchev–Trinajstić information content (AvgIpc) is 3.26. The minimum Gasteiger partial charge on any atom is -0.504 e. The molecule has 1 aromatic heterocycles. The van der Waals surface area contributed by atoms with Gasteiger partial charge >= 0.3 is 0 Å². The van der Waals surface area contributed by atoms with Gasteiger partial charge in [-0.1, -0.05) is 23.7 Å². The zero-order valence-electron chi connectivity index (χ0n) is 21.3. The molecule has 1 atom stereocenters. The highest BCUT2D eigenvalue weighted by Crippen LogP contribution is 2.34. The number of ether oxygens (including phenoxy) is 2. The summed E-state index contributed by atoms with van der Waals surface area (Å²) >= 11 is 6.15. The minimum atomic E-state index is -0.620. The van der Waals surface area contributed by atoms with Crippen LogP contribution in [0.4, 0.5) is 0 Å². The first-order chi connectivity index (χ1) is 18.8. The Balaban J connectivity index is 1.41. The summed E-state index contributed by atoms with van der Waals surface area (Å²) in [6.45, 7) is 2.25. The van der Waals surface area contributed by atoms with Gasteiger partial charge in [-0.3, -0.25) is 14.4 Å². The molecule has 1 amide bonds. The Morgan fingerprint density at radius 1 is 1.03 bits per heavy atom. The summed E-state index contributed by atoms with van der Waals surface area (Å²) in [7, 11) is 1.61. The van der Waals surface area contributed by atoms with Crippen LogP contribution in [0.2, 0.25) is 5.02 Å². The summed E-state index contributed by atoms with van der Waals surface area (Å²) in [4.78, 5) is 18.0. The number of hydrogen-bond donors (Lipinski definition) is 3. The number of rotatable bonds is 8. The van der Waals surface area contributed by atoms with Gasteiger partial charge in [-0.2, -0.15) is 0 Å². The summed E-state index contributed by atoms with van der Waals surface area (Å²) in [6.07, 6.45) is 0.0281. The number of phenolic OH excluding ortho intramolecular Hbond substituents is 2. The van der Waals surface area contributed by atoms with E-state index in [4.69, 9.17) is 26.1 Å². The lowest BCUT2D eigenvalue weighted by atomic mass is 10.00. The van der Waals surface area contributed by atoms with Gasteiger partial charge in [0.05, 0.1) is 31.5 Å².